The number of thiazole rings is 1. The number of nitrogens with one attached hydrogen (secondary N) is 2. The van der Waals surface area contributed by atoms with Gasteiger partial charge in [0.2, 0.25) is 5.91 Å². The summed E-state index contributed by atoms with van der Waals surface area (Å²) in [5, 5.41) is 7.64. The number of aryl methyl sites for hydroxylation is 1. The highest BCUT2D eigenvalue weighted by Gasteiger charge is 2.14. The van der Waals surface area contributed by atoms with Crippen molar-refractivity contribution in [2.45, 2.75) is 44.6 Å². The molecule has 2 heterocycles. The average molecular weight is 390 g/mol. The molecule has 2 aromatic rings. The number of hydrogen-bond donors (Lipinski definition) is 2. The molecule has 0 radical (unpaired) electrons. The first-order chi connectivity index (χ1) is 10.8. The lowest BCUT2D eigenvalue weighted by Gasteiger charge is -2.23. The molecule has 24 heavy (non-hydrogen) atoms. The largest absolute Gasteiger partial charge is 0.353 e. The standard InChI is InChI=1S/C17H23N3OS.2ClH/c21-16(19-13-9-11-18-12-10-13)7-3-4-8-17-20-14-5-1-2-6-15(14)22-17;;/h1-2,5-6,13,18H,3-4,7-12H2,(H,19,21);2*1H. The summed E-state index contributed by atoms with van der Waals surface area (Å²) < 4.78 is 1.25. The number of halogens is 2. The minimum atomic E-state index is 0. The molecule has 0 spiro atoms. The van der Waals surface area contributed by atoms with Crippen molar-refractivity contribution in [1.29, 1.82) is 0 Å². The quantitative estimate of drug-likeness (QED) is 0.740. The van der Waals surface area contributed by atoms with Crippen LogP contribution in [0.2, 0.25) is 0 Å². The Kier molecular flexibility index (Phi) is 9.59. The Labute approximate surface area is 159 Å². The summed E-state index contributed by atoms with van der Waals surface area (Å²) in [6, 6.07) is 8.62. The number of nitrogens with zero attached hydrogens (tertiary/aromatic N) is 1. The van der Waals surface area contributed by atoms with Crippen LogP contribution in [0, 0.1) is 0 Å². The average Bonchev–Trinajstić information content (AvgIpc) is 2.95. The maximum atomic E-state index is 11.9. The van der Waals surface area contributed by atoms with Crippen molar-refractivity contribution in [1.82, 2.24) is 15.6 Å². The van der Waals surface area contributed by atoms with Crippen molar-refractivity contribution in [3.05, 3.63) is 29.3 Å². The van der Waals surface area contributed by atoms with E-state index >= 15 is 0 Å². The number of aromatic nitrogens is 1. The lowest BCUT2D eigenvalue weighted by atomic mass is 10.1. The lowest BCUT2D eigenvalue weighted by Crippen LogP contribution is -2.42. The van der Waals surface area contributed by atoms with Crippen LogP contribution in [-0.4, -0.2) is 30.0 Å². The van der Waals surface area contributed by atoms with E-state index in [1.165, 1.54) is 9.71 Å². The molecule has 1 aliphatic heterocycles. The second kappa shape index (κ2) is 10.9. The van der Waals surface area contributed by atoms with E-state index in [0.717, 1.165) is 50.7 Å². The van der Waals surface area contributed by atoms with Gasteiger partial charge in [0.1, 0.15) is 0 Å². The Hall–Kier alpha value is -0.880. The van der Waals surface area contributed by atoms with Gasteiger partial charge in [0.05, 0.1) is 15.2 Å². The molecule has 0 unspecified atom stereocenters. The number of fused-ring (bicyclic) bond motifs is 1. The van der Waals surface area contributed by atoms with Crippen molar-refractivity contribution in [3.8, 4) is 0 Å². The van der Waals surface area contributed by atoms with Gasteiger partial charge < -0.3 is 10.6 Å². The summed E-state index contributed by atoms with van der Waals surface area (Å²) in [4.78, 5) is 16.6. The van der Waals surface area contributed by atoms with E-state index in [4.69, 9.17) is 0 Å². The number of carbonyl (C=O) groups excluding carboxylic acids is 1. The summed E-state index contributed by atoms with van der Waals surface area (Å²) in [5.74, 6) is 0.205. The topological polar surface area (TPSA) is 54.0 Å². The van der Waals surface area contributed by atoms with Gasteiger partial charge in [0, 0.05) is 12.5 Å². The van der Waals surface area contributed by atoms with E-state index < -0.39 is 0 Å². The second-order valence-electron chi connectivity index (χ2n) is 5.87. The molecule has 1 saturated heterocycles. The number of rotatable bonds is 6. The van der Waals surface area contributed by atoms with Crippen molar-refractivity contribution in [3.63, 3.8) is 0 Å². The SMILES string of the molecule is Cl.Cl.O=C(CCCCc1nc2ccccc2s1)NC1CCNCC1. The van der Waals surface area contributed by atoms with Crippen LogP contribution >= 0.6 is 36.2 Å². The number of hydrogen-bond acceptors (Lipinski definition) is 4. The van der Waals surface area contributed by atoms with Crippen molar-refractivity contribution >= 4 is 52.3 Å². The molecule has 0 saturated carbocycles. The summed E-state index contributed by atoms with van der Waals surface area (Å²) in [5.41, 5.74) is 1.09. The van der Waals surface area contributed by atoms with Gasteiger partial charge in [-0.25, -0.2) is 4.98 Å². The number of amides is 1. The van der Waals surface area contributed by atoms with Crippen LogP contribution in [0.4, 0.5) is 0 Å². The Balaban J connectivity index is 0.00000144. The van der Waals surface area contributed by atoms with Gasteiger partial charge >= 0.3 is 0 Å². The van der Waals surface area contributed by atoms with Crippen LogP contribution in [0.3, 0.4) is 0 Å². The van der Waals surface area contributed by atoms with E-state index in [-0.39, 0.29) is 30.7 Å². The number of para-hydroxylation sites is 1. The zero-order chi connectivity index (χ0) is 15.2. The van der Waals surface area contributed by atoms with Gasteiger partial charge in [-0.3, -0.25) is 4.79 Å². The summed E-state index contributed by atoms with van der Waals surface area (Å²) in [7, 11) is 0. The maximum absolute atomic E-state index is 11.9. The fourth-order valence-electron chi connectivity index (χ4n) is 2.85. The van der Waals surface area contributed by atoms with Crippen molar-refractivity contribution < 1.29 is 4.79 Å². The smallest absolute Gasteiger partial charge is 0.220 e. The molecular weight excluding hydrogens is 365 g/mol. The summed E-state index contributed by atoms with van der Waals surface area (Å²) in [6.45, 7) is 2.03. The molecule has 7 heteroatoms. The third-order valence-corrected chi connectivity index (χ3v) is 5.18. The van der Waals surface area contributed by atoms with E-state index in [0.29, 0.717) is 12.5 Å². The Morgan fingerprint density at radius 2 is 1.96 bits per heavy atom. The molecule has 1 amide bonds. The summed E-state index contributed by atoms with van der Waals surface area (Å²) in [6.07, 6.45) is 5.68. The first-order valence-corrected chi connectivity index (χ1v) is 8.97. The van der Waals surface area contributed by atoms with Gasteiger partial charge in [-0.1, -0.05) is 12.1 Å². The van der Waals surface area contributed by atoms with Crippen LogP contribution in [0.15, 0.2) is 24.3 Å². The normalized spacial score (nSPS) is 14.7. The molecule has 1 fully saturated rings. The van der Waals surface area contributed by atoms with E-state index in [9.17, 15) is 4.79 Å². The minimum Gasteiger partial charge on any atom is -0.353 e. The Morgan fingerprint density at radius 3 is 2.71 bits per heavy atom. The van der Waals surface area contributed by atoms with Crippen LogP contribution in [-0.2, 0) is 11.2 Å². The second-order valence-corrected chi connectivity index (χ2v) is 6.99. The number of carbonyl (C=O) groups is 1. The fourth-order valence-corrected chi connectivity index (χ4v) is 3.86. The third-order valence-electron chi connectivity index (χ3n) is 4.09. The predicted octanol–water partition coefficient (Wildman–Crippen LogP) is 3.72. The van der Waals surface area contributed by atoms with Gasteiger partial charge in [0.25, 0.3) is 0 Å². The maximum Gasteiger partial charge on any atom is 0.220 e. The first-order valence-electron chi connectivity index (χ1n) is 8.16. The highest BCUT2D eigenvalue weighted by Crippen LogP contribution is 2.22. The molecule has 4 nitrogen and oxygen atoms in total. The fraction of sp³-hybridized carbons (Fsp3) is 0.529. The number of benzene rings is 1. The van der Waals surface area contributed by atoms with Crippen molar-refractivity contribution in [2.75, 3.05) is 13.1 Å². The van der Waals surface area contributed by atoms with Gasteiger partial charge in [-0.15, -0.1) is 36.2 Å². The summed E-state index contributed by atoms with van der Waals surface area (Å²) >= 11 is 1.77. The molecule has 1 aromatic carbocycles. The van der Waals surface area contributed by atoms with Crippen LogP contribution in [0.25, 0.3) is 10.2 Å². The Morgan fingerprint density at radius 1 is 1.21 bits per heavy atom. The molecule has 3 rings (SSSR count). The predicted molar refractivity (Wildman–Crippen MR) is 106 cm³/mol. The monoisotopic (exact) mass is 389 g/mol. The van der Waals surface area contributed by atoms with Crippen LogP contribution in [0.1, 0.15) is 37.1 Å². The number of piperidine rings is 1. The zero-order valence-corrected chi connectivity index (χ0v) is 16.1. The molecule has 1 aliphatic rings. The van der Waals surface area contributed by atoms with Gasteiger partial charge in [0.15, 0.2) is 0 Å². The van der Waals surface area contributed by atoms with Crippen molar-refractivity contribution in [2.24, 2.45) is 0 Å². The first kappa shape index (κ1) is 21.2. The van der Waals surface area contributed by atoms with Gasteiger partial charge in [-0.2, -0.15) is 0 Å². The van der Waals surface area contributed by atoms with E-state index in [1.807, 2.05) is 6.07 Å². The Bertz CT molecular complexity index is 596. The number of unbranched alkanes of at least 4 members (excludes halogenated alkanes) is 1. The van der Waals surface area contributed by atoms with Gasteiger partial charge in [-0.05, 0) is 57.3 Å². The lowest BCUT2D eigenvalue weighted by molar-refractivity contribution is -0.122. The molecule has 0 bridgehead atoms. The third kappa shape index (κ3) is 6.20. The van der Waals surface area contributed by atoms with Crippen LogP contribution in [0.5, 0.6) is 0 Å². The highest BCUT2D eigenvalue weighted by atomic mass is 35.5. The molecule has 134 valence electrons. The van der Waals surface area contributed by atoms with E-state index in [2.05, 4.69) is 33.8 Å². The zero-order valence-electron chi connectivity index (χ0n) is 13.6. The van der Waals surface area contributed by atoms with Crippen LogP contribution < -0.4 is 10.6 Å². The molecule has 2 N–H and O–H groups in total. The minimum absolute atomic E-state index is 0. The molecule has 0 atom stereocenters. The molecule has 1 aromatic heterocycles. The van der Waals surface area contributed by atoms with E-state index in [1.54, 1.807) is 11.3 Å². The molecule has 0 aliphatic carbocycles. The highest BCUT2D eigenvalue weighted by molar-refractivity contribution is 7.18. The molecular formula is C17H25Cl2N3OS.